The largest absolute Gasteiger partial charge is 0.383 e. The van der Waals surface area contributed by atoms with Crippen LogP contribution in [-0.2, 0) is 20.5 Å². The first-order chi connectivity index (χ1) is 15.1. The predicted molar refractivity (Wildman–Crippen MR) is 112 cm³/mol. The maximum absolute atomic E-state index is 14.6. The number of carbonyl (C=O) groups is 1. The number of benzene rings is 2. The van der Waals surface area contributed by atoms with Gasteiger partial charge in [-0.2, -0.15) is 12.8 Å². The Morgan fingerprint density at radius 1 is 1.03 bits per heavy atom. The van der Waals surface area contributed by atoms with Gasteiger partial charge in [0, 0.05) is 17.8 Å². The van der Waals surface area contributed by atoms with Gasteiger partial charge in [0.2, 0.25) is 5.95 Å². The quantitative estimate of drug-likeness (QED) is 0.446. The van der Waals surface area contributed by atoms with E-state index >= 15 is 0 Å². The first kappa shape index (κ1) is 21.4. The third-order valence-corrected chi connectivity index (χ3v) is 5.29. The van der Waals surface area contributed by atoms with Crippen molar-refractivity contribution in [3.8, 4) is 16.9 Å². The number of aliphatic imine (C=N–C) groups is 1. The number of amides is 1. The molecule has 11 heteroatoms. The second kappa shape index (κ2) is 7.68. The smallest absolute Gasteiger partial charge is 0.306 e. The Kier molecular flexibility index (Phi) is 5.13. The zero-order valence-electron chi connectivity index (χ0n) is 16.5. The Morgan fingerprint density at radius 3 is 2.31 bits per heavy atom. The molecule has 2 aromatic carbocycles. The molecule has 0 radical (unpaired) electrons. The molecule has 0 saturated carbocycles. The van der Waals surface area contributed by atoms with Crippen LogP contribution in [0.15, 0.2) is 65.8 Å². The molecule has 1 aliphatic heterocycles. The van der Waals surface area contributed by atoms with Crippen LogP contribution in [0.4, 0.5) is 8.78 Å². The molecule has 32 heavy (non-hydrogen) atoms. The van der Waals surface area contributed by atoms with Gasteiger partial charge in [-0.1, -0.05) is 18.2 Å². The normalized spacial score (nSPS) is 18.2. The average Bonchev–Trinajstić information content (AvgIpc) is 3.02. The van der Waals surface area contributed by atoms with Crippen molar-refractivity contribution in [3.05, 3.63) is 83.7 Å². The van der Waals surface area contributed by atoms with Crippen molar-refractivity contribution < 1.29 is 26.2 Å². The van der Waals surface area contributed by atoms with Crippen LogP contribution < -0.4 is 15.2 Å². The number of rotatable bonds is 5. The van der Waals surface area contributed by atoms with Crippen LogP contribution >= 0.6 is 0 Å². The van der Waals surface area contributed by atoms with Gasteiger partial charge >= 0.3 is 10.1 Å². The average molecular weight is 458 g/mol. The minimum absolute atomic E-state index is 0.0358. The molecule has 0 spiro atoms. The van der Waals surface area contributed by atoms with E-state index in [4.69, 9.17) is 9.92 Å². The fourth-order valence-electron chi connectivity index (χ4n) is 3.49. The second-order valence-corrected chi connectivity index (χ2v) is 8.61. The predicted octanol–water partition coefficient (Wildman–Crippen LogP) is 2.05. The van der Waals surface area contributed by atoms with Crippen molar-refractivity contribution in [1.82, 2.24) is 10.3 Å². The molecule has 8 nitrogen and oxygen atoms in total. The molecule has 1 atom stereocenters. The third kappa shape index (κ3) is 3.89. The summed E-state index contributed by atoms with van der Waals surface area (Å²) in [5, 5.41) is 2.44. The van der Waals surface area contributed by atoms with Crippen LogP contribution in [0.3, 0.4) is 0 Å². The van der Waals surface area contributed by atoms with Gasteiger partial charge in [-0.25, -0.2) is 14.4 Å². The van der Waals surface area contributed by atoms with Gasteiger partial charge in [-0.05, 0) is 47.0 Å². The molecular formula is C21H16F2N4O4S. The van der Waals surface area contributed by atoms with Gasteiger partial charge in [0.05, 0.1) is 6.26 Å². The van der Waals surface area contributed by atoms with Crippen LogP contribution in [0.5, 0.6) is 5.75 Å². The Labute approximate surface area is 181 Å². The van der Waals surface area contributed by atoms with Crippen LogP contribution in [0.1, 0.15) is 11.1 Å². The number of hydrogen-bond acceptors (Lipinski definition) is 7. The number of aromatic nitrogens is 1. The van der Waals surface area contributed by atoms with E-state index in [-0.39, 0.29) is 28.4 Å². The molecule has 1 aliphatic rings. The summed E-state index contributed by atoms with van der Waals surface area (Å²) in [7, 11) is -3.74. The molecular weight excluding hydrogens is 442 g/mol. The van der Waals surface area contributed by atoms with E-state index in [1.54, 1.807) is 0 Å². The van der Waals surface area contributed by atoms with Gasteiger partial charge in [0.1, 0.15) is 11.6 Å². The Bertz CT molecular complexity index is 1360. The minimum Gasteiger partial charge on any atom is -0.383 e. The summed E-state index contributed by atoms with van der Waals surface area (Å²) in [4.78, 5) is 20.8. The molecule has 164 valence electrons. The first-order valence-electron chi connectivity index (χ1n) is 9.17. The molecule has 1 amide bonds. The van der Waals surface area contributed by atoms with E-state index in [2.05, 4.69) is 15.3 Å². The van der Waals surface area contributed by atoms with Gasteiger partial charge in [0.15, 0.2) is 11.5 Å². The summed E-state index contributed by atoms with van der Waals surface area (Å²) in [6.45, 7) is 0. The minimum atomic E-state index is -3.74. The van der Waals surface area contributed by atoms with E-state index in [1.807, 2.05) is 0 Å². The van der Waals surface area contributed by atoms with Crippen molar-refractivity contribution in [1.29, 1.82) is 0 Å². The first-order valence-corrected chi connectivity index (χ1v) is 11.0. The fraction of sp³-hybridized carbons (Fsp3) is 0.0952. The monoisotopic (exact) mass is 458 g/mol. The lowest BCUT2D eigenvalue weighted by atomic mass is 9.82. The highest BCUT2D eigenvalue weighted by atomic mass is 32.2. The molecule has 3 N–H and O–H groups in total. The highest BCUT2D eigenvalue weighted by molar-refractivity contribution is 7.86. The molecule has 1 unspecified atom stereocenters. The summed E-state index contributed by atoms with van der Waals surface area (Å²) in [5.41, 5.74) is 4.94. The molecule has 2 heterocycles. The summed E-state index contributed by atoms with van der Waals surface area (Å²) in [6.07, 6.45) is 2.10. The van der Waals surface area contributed by atoms with E-state index in [9.17, 15) is 22.0 Å². The number of halogens is 2. The molecule has 0 aliphatic carbocycles. The van der Waals surface area contributed by atoms with E-state index < -0.39 is 33.3 Å². The van der Waals surface area contributed by atoms with Crippen LogP contribution in [0.2, 0.25) is 0 Å². The number of nitrogens with two attached hydrogens (primary N) is 1. The summed E-state index contributed by atoms with van der Waals surface area (Å²) >= 11 is 0. The number of guanidine groups is 1. The summed E-state index contributed by atoms with van der Waals surface area (Å²) in [5.74, 6) is -2.13. The molecule has 4 rings (SSSR count). The van der Waals surface area contributed by atoms with Crippen molar-refractivity contribution in [3.63, 3.8) is 0 Å². The topological polar surface area (TPSA) is 124 Å². The zero-order valence-corrected chi connectivity index (χ0v) is 17.4. The number of nitrogens with one attached hydrogen (secondary N) is 1. The standard InChI is InChI=1S/C21H16F2N4O4S/c1-32(29,30)31-15-5-2-13(3-6-15)21(19(28)26-20(24)27-21)14-4-7-17(22)16(11-14)12-8-9-25-18(23)10-12/h2-11H,1H3,(H3,24,26,27,28). The van der Waals surface area contributed by atoms with Crippen molar-refractivity contribution >= 4 is 22.0 Å². The number of pyridine rings is 1. The second-order valence-electron chi connectivity index (χ2n) is 7.04. The Morgan fingerprint density at radius 2 is 1.72 bits per heavy atom. The van der Waals surface area contributed by atoms with Crippen LogP contribution in [0.25, 0.3) is 11.1 Å². The SMILES string of the molecule is CS(=O)(=O)Oc1ccc(C2(c3ccc(F)c(-c4ccnc(F)c4)c3)N=C(N)NC2=O)cc1. The molecule has 0 bridgehead atoms. The number of nitrogens with zero attached hydrogens (tertiary/aromatic N) is 2. The molecule has 0 fully saturated rings. The third-order valence-electron chi connectivity index (χ3n) is 4.80. The lowest BCUT2D eigenvalue weighted by molar-refractivity contribution is -0.122. The molecule has 1 aromatic heterocycles. The maximum atomic E-state index is 14.6. The van der Waals surface area contributed by atoms with Gasteiger partial charge in [0.25, 0.3) is 5.91 Å². The van der Waals surface area contributed by atoms with E-state index in [1.165, 1.54) is 48.7 Å². The highest BCUT2D eigenvalue weighted by Gasteiger charge is 2.47. The lowest BCUT2D eigenvalue weighted by Crippen LogP contribution is -2.39. The molecule has 0 saturated heterocycles. The zero-order chi connectivity index (χ0) is 23.1. The van der Waals surface area contributed by atoms with Crippen LogP contribution in [0, 0.1) is 11.8 Å². The van der Waals surface area contributed by atoms with E-state index in [0.717, 1.165) is 18.4 Å². The fourth-order valence-corrected chi connectivity index (χ4v) is 3.95. The summed E-state index contributed by atoms with van der Waals surface area (Å²) in [6, 6.07) is 12.0. The number of carbonyl (C=O) groups excluding carboxylic acids is 1. The van der Waals surface area contributed by atoms with Gasteiger partial charge in [-0.3, -0.25) is 10.1 Å². The maximum Gasteiger partial charge on any atom is 0.306 e. The van der Waals surface area contributed by atoms with Crippen molar-refractivity contribution in [2.24, 2.45) is 10.7 Å². The van der Waals surface area contributed by atoms with E-state index in [0.29, 0.717) is 5.56 Å². The highest BCUT2D eigenvalue weighted by Crippen LogP contribution is 2.39. The van der Waals surface area contributed by atoms with Gasteiger partial charge < -0.3 is 9.92 Å². The van der Waals surface area contributed by atoms with Crippen LogP contribution in [-0.4, -0.2) is 31.5 Å². The molecule has 3 aromatic rings. The Hall–Kier alpha value is -3.86. The van der Waals surface area contributed by atoms with Crippen molar-refractivity contribution in [2.45, 2.75) is 5.54 Å². The lowest BCUT2D eigenvalue weighted by Gasteiger charge is -2.25. The summed E-state index contributed by atoms with van der Waals surface area (Å²) < 4.78 is 55.8. The number of hydrogen-bond donors (Lipinski definition) is 2. The van der Waals surface area contributed by atoms with Crippen molar-refractivity contribution in [2.75, 3.05) is 6.26 Å². The Balaban J connectivity index is 1.87. The van der Waals surface area contributed by atoms with Gasteiger partial charge in [-0.15, -0.1) is 0 Å².